The van der Waals surface area contributed by atoms with Gasteiger partial charge in [-0.15, -0.1) is 0 Å². The summed E-state index contributed by atoms with van der Waals surface area (Å²) in [5.74, 6) is -1.17. The second-order valence-corrected chi connectivity index (χ2v) is 10.8. The number of hydrogen-bond donors (Lipinski definition) is 3. The highest BCUT2D eigenvalue weighted by Gasteiger charge is 2.30. The van der Waals surface area contributed by atoms with Gasteiger partial charge in [-0.3, -0.25) is 0 Å². The van der Waals surface area contributed by atoms with E-state index in [1.165, 1.54) is 64.2 Å². The van der Waals surface area contributed by atoms with E-state index in [-0.39, 0.29) is 6.61 Å². The van der Waals surface area contributed by atoms with Crippen LogP contribution in [0.2, 0.25) is 0 Å². The van der Waals surface area contributed by atoms with Crippen LogP contribution in [-0.4, -0.2) is 47.0 Å². The number of carbonyl (C=O) groups excluding carboxylic acids is 1. The van der Waals surface area contributed by atoms with Gasteiger partial charge in [0.1, 0.15) is 6.61 Å². The third-order valence-electron chi connectivity index (χ3n) is 6.44. The molecule has 0 aromatic heterocycles. The van der Waals surface area contributed by atoms with Gasteiger partial charge in [-0.25, -0.2) is 9.59 Å². The quantitative estimate of drug-likeness (QED) is 0.425. The molecule has 0 aliphatic heterocycles. The van der Waals surface area contributed by atoms with Crippen molar-refractivity contribution in [2.75, 3.05) is 0 Å². The van der Waals surface area contributed by atoms with Gasteiger partial charge in [-0.05, 0) is 58.9 Å². The van der Waals surface area contributed by atoms with E-state index in [4.69, 9.17) is 9.47 Å². The van der Waals surface area contributed by atoms with Crippen molar-refractivity contribution in [2.45, 2.75) is 128 Å². The molecule has 7 nitrogen and oxygen atoms in total. The average molecular weight is 491 g/mol. The van der Waals surface area contributed by atoms with E-state index in [1.54, 1.807) is 6.92 Å². The molecule has 2 saturated carbocycles. The van der Waals surface area contributed by atoms with Crippen LogP contribution in [-0.2, 0) is 20.9 Å². The number of benzene rings is 1. The lowest BCUT2D eigenvalue weighted by molar-refractivity contribution is -0.147. The fraction of sp³-hybridized carbons (Fsp3) is 0.714. The highest BCUT2D eigenvalue weighted by atomic mass is 16.6. The van der Waals surface area contributed by atoms with Crippen LogP contribution in [0.5, 0.6) is 0 Å². The predicted molar refractivity (Wildman–Crippen MR) is 138 cm³/mol. The third-order valence-corrected chi connectivity index (χ3v) is 6.44. The Kier molecular flexibility index (Phi) is 12.6. The van der Waals surface area contributed by atoms with Crippen LogP contribution in [0.4, 0.5) is 4.79 Å². The molecule has 0 spiro atoms. The molecule has 0 heterocycles. The Bertz CT molecular complexity index is 721. The van der Waals surface area contributed by atoms with Crippen LogP contribution in [0, 0.1) is 0 Å². The Morgan fingerprint density at radius 1 is 0.943 bits per heavy atom. The molecule has 2 aliphatic carbocycles. The van der Waals surface area contributed by atoms with E-state index >= 15 is 0 Å². The Labute approximate surface area is 211 Å². The van der Waals surface area contributed by atoms with Gasteiger partial charge in [0.25, 0.3) is 0 Å². The van der Waals surface area contributed by atoms with Crippen LogP contribution in [0.15, 0.2) is 30.3 Å². The highest BCUT2D eigenvalue weighted by molar-refractivity contribution is 5.80. The van der Waals surface area contributed by atoms with Crippen molar-refractivity contribution in [1.82, 2.24) is 10.6 Å². The third kappa shape index (κ3) is 12.4. The summed E-state index contributed by atoms with van der Waals surface area (Å²) >= 11 is 0. The Balaban J connectivity index is 0.000000279. The monoisotopic (exact) mass is 490 g/mol. The second kappa shape index (κ2) is 15.1. The zero-order valence-corrected chi connectivity index (χ0v) is 22.1. The van der Waals surface area contributed by atoms with Crippen molar-refractivity contribution >= 4 is 12.1 Å². The standard InChI is InChI=1S/C16H23NO5.C12H23N/c1-11(22-16(2,3)4)13(14(18)19)17-15(20)21-10-12-8-6-5-7-9-12;1-3-7-11(8-4-1)13-12-9-5-2-6-10-12/h5-9,11,13H,10H2,1-4H3,(H,17,20)(H,18,19);11-13H,1-10H2/t11-,13-;/m1./s1. The van der Waals surface area contributed by atoms with Gasteiger partial charge >= 0.3 is 12.1 Å². The number of hydrogen-bond acceptors (Lipinski definition) is 5. The van der Waals surface area contributed by atoms with Gasteiger partial charge < -0.3 is 25.2 Å². The molecule has 3 rings (SSSR count). The van der Waals surface area contributed by atoms with Gasteiger partial charge in [0.05, 0.1) is 11.7 Å². The smallest absolute Gasteiger partial charge is 0.408 e. The molecule has 0 radical (unpaired) electrons. The lowest BCUT2D eigenvalue weighted by Crippen LogP contribution is -2.50. The van der Waals surface area contributed by atoms with E-state index in [1.807, 2.05) is 51.1 Å². The van der Waals surface area contributed by atoms with Gasteiger partial charge in [-0.1, -0.05) is 68.9 Å². The maximum absolute atomic E-state index is 11.7. The van der Waals surface area contributed by atoms with Crippen molar-refractivity contribution in [3.8, 4) is 0 Å². The fourth-order valence-electron chi connectivity index (χ4n) is 4.77. The van der Waals surface area contributed by atoms with E-state index < -0.39 is 29.8 Å². The van der Waals surface area contributed by atoms with Crippen LogP contribution in [0.3, 0.4) is 0 Å². The molecular formula is C28H46N2O5. The number of carboxylic acid groups (broad SMARTS) is 1. The summed E-state index contributed by atoms with van der Waals surface area (Å²) in [5.41, 5.74) is 0.312. The summed E-state index contributed by atoms with van der Waals surface area (Å²) in [4.78, 5) is 23.0. The number of alkyl carbamates (subject to hydrolysis) is 1. The lowest BCUT2D eigenvalue weighted by Gasteiger charge is -2.30. The largest absolute Gasteiger partial charge is 0.480 e. The Hall–Kier alpha value is -2.12. The molecule has 2 aliphatic rings. The first kappa shape index (κ1) is 29.1. The van der Waals surface area contributed by atoms with Crippen LogP contribution >= 0.6 is 0 Å². The number of amides is 1. The summed E-state index contributed by atoms with van der Waals surface area (Å²) in [5, 5.41) is 15.4. The zero-order chi connectivity index (χ0) is 25.7. The Morgan fingerprint density at radius 2 is 1.46 bits per heavy atom. The molecule has 2 atom stereocenters. The summed E-state index contributed by atoms with van der Waals surface area (Å²) in [7, 11) is 0. The number of rotatable bonds is 8. The summed E-state index contributed by atoms with van der Waals surface area (Å²) in [6, 6.07) is 9.71. The number of ether oxygens (including phenoxy) is 2. The maximum atomic E-state index is 11.7. The minimum atomic E-state index is -1.18. The molecule has 0 unspecified atom stereocenters. The van der Waals surface area contributed by atoms with E-state index in [9.17, 15) is 14.7 Å². The molecule has 198 valence electrons. The maximum Gasteiger partial charge on any atom is 0.408 e. The first-order valence-electron chi connectivity index (χ1n) is 13.3. The second-order valence-electron chi connectivity index (χ2n) is 10.8. The van der Waals surface area contributed by atoms with Gasteiger partial charge in [-0.2, -0.15) is 0 Å². The molecule has 1 amide bonds. The summed E-state index contributed by atoms with van der Waals surface area (Å²) < 4.78 is 10.6. The van der Waals surface area contributed by atoms with Crippen molar-refractivity contribution in [3.63, 3.8) is 0 Å². The van der Waals surface area contributed by atoms with Gasteiger partial charge in [0, 0.05) is 12.1 Å². The topological polar surface area (TPSA) is 96.9 Å². The van der Waals surface area contributed by atoms with E-state index in [0.29, 0.717) is 0 Å². The number of nitrogens with one attached hydrogen (secondary N) is 2. The lowest BCUT2D eigenvalue weighted by atomic mass is 9.91. The fourth-order valence-corrected chi connectivity index (χ4v) is 4.77. The van der Waals surface area contributed by atoms with Crippen LogP contribution in [0.1, 0.15) is 97.5 Å². The first-order valence-corrected chi connectivity index (χ1v) is 13.3. The molecule has 1 aromatic carbocycles. The molecule has 7 heteroatoms. The minimum absolute atomic E-state index is 0.0769. The number of carbonyl (C=O) groups is 2. The first-order chi connectivity index (χ1) is 16.6. The van der Waals surface area contributed by atoms with Crippen molar-refractivity contribution in [1.29, 1.82) is 0 Å². The summed E-state index contributed by atoms with van der Waals surface area (Å²) in [6.45, 7) is 7.12. The van der Waals surface area contributed by atoms with Crippen molar-refractivity contribution in [2.24, 2.45) is 0 Å². The number of carboxylic acids is 1. The normalized spacial score (nSPS) is 19.1. The Morgan fingerprint density at radius 3 is 1.91 bits per heavy atom. The molecular weight excluding hydrogens is 444 g/mol. The van der Waals surface area contributed by atoms with E-state index in [0.717, 1.165) is 17.6 Å². The predicted octanol–water partition coefficient (Wildman–Crippen LogP) is 5.81. The molecule has 35 heavy (non-hydrogen) atoms. The van der Waals surface area contributed by atoms with Crippen molar-refractivity contribution < 1.29 is 24.2 Å². The van der Waals surface area contributed by atoms with Crippen LogP contribution < -0.4 is 10.6 Å². The van der Waals surface area contributed by atoms with Gasteiger partial charge in [0.2, 0.25) is 0 Å². The molecule has 1 aromatic rings. The summed E-state index contributed by atoms with van der Waals surface area (Å²) in [6.07, 6.45) is 13.1. The molecule has 2 fully saturated rings. The van der Waals surface area contributed by atoms with Crippen molar-refractivity contribution in [3.05, 3.63) is 35.9 Å². The molecule has 3 N–H and O–H groups in total. The minimum Gasteiger partial charge on any atom is -0.480 e. The zero-order valence-electron chi connectivity index (χ0n) is 22.1. The SMILES string of the molecule is C1CCC(NC2CCCCC2)CC1.C[C@@H](OC(C)(C)C)[C@@H](NC(=O)OCc1ccccc1)C(=O)O. The van der Waals surface area contributed by atoms with E-state index in [2.05, 4.69) is 10.6 Å². The highest BCUT2D eigenvalue weighted by Crippen LogP contribution is 2.22. The van der Waals surface area contributed by atoms with Gasteiger partial charge in [0.15, 0.2) is 6.04 Å². The number of aliphatic carboxylic acids is 1. The molecule has 0 bridgehead atoms. The molecule has 0 saturated heterocycles. The van der Waals surface area contributed by atoms with Crippen LogP contribution in [0.25, 0.3) is 0 Å². The average Bonchev–Trinajstić information content (AvgIpc) is 2.82.